The molecule has 1 atom stereocenters. The molecule has 3 amide bonds. The quantitative estimate of drug-likeness (QED) is 0.165. The molecule has 4 aliphatic heterocycles. The van der Waals surface area contributed by atoms with Crippen LogP contribution < -0.4 is 14.9 Å². The highest BCUT2D eigenvalue weighted by Gasteiger charge is 2.34. The van der Waals surface area contributed by atoms with Crippen molar-refractivity contribution in [1.82, 2.24) is 35.1 Å². The highest BCUT2D eigenvalue weighted by Crippen LogP contribution is 2.43. The summed E-state index contributed by atoms with van der Waals surface area (Å²) in [6, 6.07) is 10.4. The van der Waals surface area contributed by atoms with Gasteiger partial charge in [-0.1, -0.05) is 19.1 Å². The van der Waals surface area contributed by atoms with E-state index in [1.807, 2.05) is 17.0 Å². The monoisotopic (exact) mass is 857 g/mol. The van der Waals surface area contributed by atoms with Crippen LogP contribution in [0.4, 0.5) is 15.9 Å². The molecule has 4 aromatic rings. The fraction of sp³-hybridized carbons (Fsp3) is 0.512. The lowest BCUT2D eigenvalue weighted by Crippen LogP contribution is -2.46. The third-order valence-corrected chi connectivity index (χ3v) is 15.1. The normalized spacial score (nSPS) is 20.3. The Morgan fingerprint density at radius 2 is 1.73 bits per heavy atom. The number of hydrogen-bond acceptors (Lipinski definition) is 12. The number of sulfonamides is 1. The first-order valence-corrected chi connectivity index (χ1v) is 23.6. The lowest BCUT2D eigenvalue weighted by molar-refractivity contribution is -0.138. The summed E-state index contributed by atoms with van der Waals surface area (Å²) in [6.45, 7) is 7.76. The van der Waals surface area contributed by atoms with E-state index in [4.69, 9.17) is 4.98 Å². The van der Waals surface area contributed by atoms with Gasteiger partial charge in [-0.05, 0) is 100 Å². The van der Waals surface area contributed by atoms with E-state index < -0.39 is 15.8 Å². The van der Waals surface area contributed by atoms with E-state index in [2.05, 4.69) is 34.8 Å². The maximum Gasteiger partial charge on any atom is 0.234 e. The van der Waals surface area contributed by atoms with Crippen LogP contribution in [0.15, 0.2) is 55.1 Å². The molecule has 0 spiro atoms. The van der Waals surface area contributed by atoms with E-state index >= 15 is 4.39 Å². The number of hydrogen-bond donors (Lipinski definition) is 2. The number of imide groups is 1. The van der Waals surface area contributed by atoms with Gasteiger partial charge in [-0.2, -0.15) is 0 Å². The molecule has 0 aliphatic carbocycles. The van der Waals surface area contributed by atoms with Crippen LogP contribution in [-0.2, 0) is 24.4 Å². The zero-order valence-electron chi connectivity index (χ0n) is 33.9. The lowest BCUT2D eigenvalue weighted by Gasteiger charge is -2.39. The predicted octanol–water partition coefficient (Wildman–Crippen LogP) is 5.81. The van der Waals surface area contributed by atoms with Gasteiger partial charge in [-0.15, -0.1) is 11.3 Å². The molecule has 0 radical (unpaired) electrons. The predicted molar refractivity (Wildman–Crippen MR) is 228 cm³/mol. The van der Waals surface area contributed by atoms with E-state index in [0.717, 1.165) is 87.6 Å². The van der Waals surface area contributed by atoms with E-state index in [0.29, 0.717) is 54.5 Å². The van der Waals surface area contributed by atoms with Gasteiger partial charge < -0.3 is 14.7 Å². The zero-order valence-corrected chi connectivity index (χ0v) is 35.5. The van der Waals surface area contributed by atoms with Gasteiger partial charge in [0.15, 0.2) is 5.82 Å². The van der Waals surface area contributed by atoms with Crippen molar-refractivity contribution in [3.63, 3.8) is 0 Å². The number of carbonyl (C=O) groups excluding carboxylic acids is 3. The second kappa shape index (κ2) is 18.4. The Morgan fingerprint density at radius 3 is 2.42 bits per heavy atom. The zero-order chi connectivity index (χ0) is 41.8. The number of anilines is 2. The molecule has 0 bridgehead atoms. The van der Waals surface area contributed by atoms with Crippen LogP contribution in [0.3, 0.4) is 0 Å². The fourth-order valence-electron chi connectivity index (χ4n) is 9.05. The van der Waals surface area contributed by atoms with Crippen molar-refractivity contribution in [1.29, 1.82) is 0 Å². The first-order chi connectivity index (χ1) is 29.0. The SMILES string of the molecule is CCCS(=O)(=O)Nc1cccc(-c2nc(C3CCN(C(=O)C4CCN(CC5CCN(c6ccc([C@@H]7CCC(=O)NC7=O)cn6)CC5)CC4)CC3)sc2-c2ccncn2)c1F. The maximum absolute atomic E-state index is 16.0. The number of halogens is 1. The first kappa shape index (κ1) is 41.8. The number of carbonyl (C=O) groups is 3. The molecule has 17 heteroatoms. The van der Waals surface area contributed by atoms with Crippen molar-refractivity contribution in [3.05, 3.63) is 71.5 Å². The first-order valence-electron chi connectivity index (χ1n) is 21.2. The molecule has 3 aromatic heterocycles. The van der Waals surface area contributed by atoms with Crippen LogP contribution >= 0.6 is 11.3 Å². The molecule has 4 aliphatic rings. The Bertz CT molecular complexity index is 2270. The summed E-state index contributed by atoms with van der Waals surface area (Å²) in [4.78, 5) is 63.3. The fourth-order valence-corrected chi connectivity index (χ4v) is 11.4. The Balaban J connectivity index is 0.821. The molecule has 7 heterocycles. The Morgan fingerprint density at radius 1 is 0.950 bits per heavy atom. The number of amides is 3. The molecule has 2 N–H and O–H groups in total. The van der Waals surface area contributed by atoms with Crippen LogP contribution in [0, 0.1) is 17.7 Å². The molecule has 60 heavy (non-hydrogen) atoms. The van der Waals surface area contributed by atoms with Gasteiger partial charge in [-0.3, -0.25) is 24.4 Å². The molecule has 0 unspecified atom stereocenters. The Kier molecular flexibility index (Phi) is 12.8. The largest absolute Gasteiger partial charge is 0.357 e. The van der Waals surface area contributed by atoms with Crippen molar-refractivity contribution in [3.8, 4) is 21.8 Å². The van der Waals surface area contributed by atoms with Crippen molar-refractivity contribution < 1.29 is 27.2 Å². The number of aromatic nitrogens is 4. The third-order valence-electron chi connectivity index (χ3n) is 12.4. The number of nitrogens with zero attached hydrogens (tertiary/aromatic N) is 7. The molecule has 14 nitrogen and oxygen atoms in total. The highest BCUT2D eigenvalue weighted by atomic mass is 32.2. The summed E-state index contributed by atoms with van der Waals surface area (Å²) >= 11 is 1.46. The average molecular weight is 858 g/mol. The molecule has 8 rings (SSSR count). The van der Waals surface area contributed by atoms with E-state index in [1.54, 1.807) is 37.5 Å². The van der Waals surface area contributed by atoms with Gasteiger partial charge in [0.05, 0.1) is 38.6 Å². The van der Waals surface area contributed by atoms with E-state index in [1.165, 1.54) is 23.7 Å². The minimum Gasteiger partial charge on any atom is -0.357 e. The van der Waals surface area contributed by atoms with Crippen molar-refractivity contribution in [2.75, 3.05) is 61.2 Å². The van der Waals surface area contributed by atoms with Gasteiger partial charge in [-0.25, -0.2) is 32.7 Å². The molecule has 318 valence electrons. The average Bonchev–Trinajstić information content (AvgIpc) is 3.71. The summed E-state index contributed by atoms with van der Waals surface area (Å²) in [5.41, 5.74) is 1.95. The molecule has 1 aromatic carbocycles. The number of likely N-dealkylation sites (tertiary alicyclic amines) is 2. The van der Waals surface area contributed by atoms with Crippen LogP contribution in [0.25, 0.3) is 21.8 Å². The topological polar surface area (TPSA) is 171 Å². The smallest absolute Gasteiger partial charge is 0.234 e. The molecule has 4 fully saturated rings. The van der Waals surface area contributed by atoms with E-state index in [9.17, 15) is 22.8 Å². The van der Waals surface area contributed by atoms with Crippen LogP contribution in [0.2, 0.25) is 0 Å². The lowest BCUT2D eigenvalue weighted by atomic mass is 9.90. The van der Waals surface area contributed by atoms with Gasteiger partial charge in [0, 0.05) is 68.9 Å². The number of nitrogens with one attached hydrogen (secondary N) is 2. The molecule has 4 saturated heterocycles. The minimum absolute atomic E-state index is 0.0229. The number of benzene rings is 1. The van der Waals surface area contributed by atoms with Crippen molar-refractivity contribution >= 4 is 50.6 Å². The van der Waals surface area contributed by atoms with Crippen LogP contribution in [-0.4, -0.2) is 107 Å². The number of thiazole rings is 1. The molecular formula is C43H52FN9O5S2. The number of pyridine rings is 1. The third kappa shape index (κ3) is 9.52. The van der Waals surface area contributed by atoms with Gasteiger partial charge in [0.2, 0.25) is 27.7 Å². The summed E-state index contributed by atoms with van der Waals surface area (Å²) in [5, 5.41) is 3.28. The standard InChI is InChI=1S/C43H52FN9O5S2/c1-2-24-60(57,58)50-34-5-3-4-33(38(34)44)39-40(35-10-17-45-27-47-35)59-42(49-39)29-15-22-53(23-16-29)43(56)30-13-18-51(19-14-30)26-28-11-20-52(21-12-28)36-8-6-31(25-46-36)32-7-9-37(54)48-41(32)55/h3-6,8,10,17,25,27-30,32,50H,2,7,9,11-16,18-24,26H2,1H3,(H,48,54,55)/t32-/m0/s1. The summed E-state index contributed by atoms with van der Waals surface area (Å²) in [5.74, 6) is 0.279. The van der Waals surface area contributed by atoms with Crippen LogP contribution in [0.1, 0.15) is 87.1 Å². The Hall–Kier alpha value is -4.87. The summed E-state index contributed by atoms with van der Waals surface area (Å²) < 4.78 is 43.4. The van der Waals surface area contributed by atoms with Gasteiger partial charge in [0.25, 0.3) is 0 Å². The molecular weight excluding hydrogens is 806 g/mol. The van der Waals surface area contributed by atoms with Gasteiger partial charge in [0.1, 0.15) is 12.1 Å². The van der Waals surface area contributed by atoms with Crippen molar-refractivity contribution in [2.24, 2.45) is 11.8 Å². The molecule has 0 saturated carbocycles. The number of rotatable bonds is 12. The highest BCUT2D eigenvalue weighted by molar-refractivity contribution is 7.92. The number of piperidine rings is 4. The second-order valence-electron chi connectivity index (χ2n) is 16.5. The van der Waals surface area contributed by atoms with Crippen molar-refractivity contribution in [2.45, 2.75) is 76.5 Å². The second-order valence-corrected chi connectivity index (χ2v) is 19.3. The summed E-state index contributed by atoms with van der Waals surface area (Å²) in [7, 11) is -3.70. The minimum atomic E-state index is -3.70. The van der Waals surface area contributed by atoms with E-state index in [-0.39, 0.29) is 52.5 Å². The van der Waals surface area contributed by atoms with Gasteiger partial charge >= 0.3 is 0 Å². The summed E-state index contributed by atoms with van der Waals surface area (Å²) in [6.07, 6.45) is 11.5. The Labute approximate surface area is 354 Å². The maximum atomic E-state index is 16.0. The van der Waals surface area contributed by atoms with Crippen LogP contribution in [0.5, 0.6) is 0 Å².